The Labute approximate surface area is 167 Å². The highest BCUT2D eigenvalue weighted by molar-refractivity contribution is 6.27. The van der Waals surface area contributed by atoms with Crippen molar-refractivity contribution in [1.82, 2.24) is 0 Å². The Kier molecular flexibility index (Phi) is 3.32. The summed E-state index contributed by atoms with van der Waals surface area (Å²) in [5.74, 6) is -0.116. The number of allylic oxidation sites excluding steroid dienone is 1. The molecule has 0 amide bonds. The molecular formula is C25H11N3O. The summed E-state index contributed by atoms with van der Waals surface area (Å²) in [6.45, 7) is 1.75. The average molecular weight is 369 g/mol. The molecule has 132 valence electrons. The Morgan fingerprint density at radius 2 is 1.28 bits per heavy atom. The minimum absolute atomic E-state index is 0.116. The zero-order valence-electron chi connectivity index (χ0n) is 15.4. The first-order chi connectivity index (χ1) is 14.1. The molecule has 0 radical (unpaired) electrons. The quantitative estimate of drug-likeness (QED) is 0.361. The van der Waals surface area contributed by atoms with Gasteiger partial charge in [-0.05, 0) is 59.0 Å². The molecule has 0 atom stereocenters. The van der Waals surface area contributed by atoms with Crippen molar-refractivity contribution < 1.29 is 4.79 Å². The van der Waals surface area contributed by atoms with Crippen molar-refractivity contribution in [3.05, 3.63) is 87.5 Å². The number of carbonyl (C=O) groups excluding carboxylic acids is 1. The standard InChI is InChI=1S/C25H11N3O/c1-13(10-26)22-19-7-6-17-16-4-2-15(12-28)9-21(16)25(29)24(17)23(19)18-5-3-14(11-27)8-20(18)22/h2-9H,1H3/b22-13-. The van der Waals surface area contributed by atoms with Gasteiger partial charge >= 0.3 is 0 Å². The molecule has 5 rings (SSSR count). The maximum atomic E-state index is 13.4. The first-order valence-electron chi connectivity index (χ1n) is 9.01. The Morgan fingerprint density at radius 1 is 0.690 bits per heavy atom. The van der Waals surface area contributed by atoms with E-state index < -0.39 is 0 Å². The average Bonchev–Trinajstić information content (AvgIpc) is 3.24. The summed E-state index contributed by atoms with van der Waals surface area (Å²) in [6.07, 6.45) is 0. The summed E-state index contributed by atoms with van der Waals surface area (Å²) >= 11 is 0. The Balaban J connectivity index is 1.88. The third-order valence-corrected chi connectivity index (χ3v) is 5.62. The molecule has 0 fully saturated rings. The van der Waals surface area contributed by atoms with Crippen LogP contribution in [0.1, 0.15) is 45.1 Å². The first-order valence-corrected chi connectivity index (χ1v) is 9.01. The number of benzene rings is 3. The molecule has 0 unspecified atom stereocenters. The molecule has 2 aliphatic rings. The largest absolute Gasteiger partial charge is 0.289 e. The van der Waals surface area contributed by atoms with Gasteiger partial charge in [0.25, 0.3) is 0 Å². The predicted octanol–water partition coefficient (Wildman–Crippen LogP) is 4.97. The highest BCUT2D eigenvalue weighted by atomic mass is 16.1. The number of nitrogens with zero attached hydrogens (tertiary/aromatic N) is 3. The molecule has 0 saturated heterocycles. The van der Waals surface area contributed by atoms with Gasteiger partial charge in [-0.2, -0.15) is 15.8 Å². The van der Waals surface area contributed by atoms with E-state index in [0.29, 0.717) is 27.8 Å². The summed E-state index contributed by atoms with van der Waals surface area (Å²) in [6, 6.07) is 20.8. The summed E-state index contributed by atoms with van der Waals surface area (Å²) in [4.78, 5) is 13.4. The highest BCUT2D eigenvalue weighted by Gasteiger charge is 2.36. The van der Waals surface area contributed by atoms with Gasteiger partial charge in [0, 0.05) is 27.8 Å². The van der Waals surface area contributed by atoms with Crippen LogP contribution in [0.25, 0.3) is 27.8 Å². The molecule has 2 aliphatic carbocycles. The summed E-state index contributed by atoms with van der Waals surface area (Å²) in [7, 11) is 0. The predicted molar refractivity (Wildman–Crippen MR) is 107 cm³/mol. The molecule has 3 aromatic carbocycles. The van der Waals surface area contributed by atoms with E-state index in [1.165, 1.54) is 0 Å². The highest BCUT2D eigenvalue weighted by Crippen LogP contribution is 2.52. The zero-order valence-corrected chi connectivity index (χ0v) is 15.4. The number of rotatable bonds is 0. The molecule has 0 aromatic heterocycles. The lowest BCUT2D eigenvalue weighted by molar-refractivity contribution is 0.104. The molecule has 0 aliphatic heterocycles. The summed E-state index contributed by atoms with van der Waals surface area (Å²) < 4.78 is 0. The van der Waals surface area contributed by atoms with Gasteiger partial charge in [-0.15, -0.1) is 0 Å². The van der Waals surface area contributed by atoms with Gasteiger partial charge in [0.05, 0.1) is 29.3 Å². The van der Waals surface area contributed by atoms with Crippen LogP contribution >= 0.6 is 0 Å². The van der Waals surface area contributed by atoms with Gasteiger partial charge in [-0.25, -0.2) is 0 Å². The fourth-order valence-corrected chi connectivity index (χ4v) is 4.37. The summed E-state index contributed by atoms with van der Waals surface area (Å²) in [5.41, 5.74) is 8.29. The van der Waals surface area contributed by atoms with Crippen molar-refractivity contribution in [3.8, 4) is 40.5 Å². The molecule has 4 nitrogen and oxygen atoms in total. The van der Waals surface area contributed by atoms with E-state index in [9.17, 15) is 20.6 Å². The third-order valence-electron chi connectivity index (χ3n) is 5.62. The number of fused-ring (bicyclic) bond motifs is 7. The zero-order chi connectivity index (χ0) is 20.3. The Hall–Kier alpha value is -4.46. The molecule has 0 N–H and O–H groups in total. The van der Waals surface area contributed by atoms with Crippen molar-refractivity contribution in [2.24, 2.45) is 0 Å². The van der Waals surface area contributed by atoms with Crippen molar-refractivity contribution in [2.75, 3.05) is 0 Å². The second-order valence-electron chi connectivity index (χ2n) is 7.10. The van der Waals surface area contributed by atoms with E-state index in [1.807, 2.05) is 24.3 Å². The number of hydrogen-bond acceptors (Lipinski definition) is 4. The number of ketones is 1. The van der Waals surface area contributed by atoms with Crippen molar-refractivity contribution >= 4 is 11.4 Å². The van der Waals surface area contributed by atoms with Gasteiger partial charge in [0.2, 0.25) is 0 Å². The SMILES string of the molecule is C/C(C#N)=C1/c2cc(C#N)ccc2-c2c1ccc1c2C(=O)c2cc(C#N)ccc2-1. The van der Waals surface area contributed by atoms with Crippen LogP contribution in [-0.2, 0) is 0 Å². The maximum Gasteiger partial charge on any atom is 0.194 e. The lowest BCUT2D eigenvalue weighted by atomic mass is 9.93. The van der Waals surface area contributed by atoms with E-state index in [0.717, 1.165) is 39.0 Å². The molecule has 29 heavy (non-hydrogen) atoms. The second kappa shape index (κ2) is 5.77. The number of hydrogen-bond donors (Lipinski definition) is 0. The van der Waals surface area contributed by atoms with Crippen LogP contribution in [0.3, 0.4) is 0 Å². The Morgan fingerprint density at radius 3 is 1.93 bits per heavy atom. The fourth-order valence-electron chi connectivity index (χ4n) is 4.37. The van der Waals surface area contributed by atoms with Gasteiger partial charge in [-0.1, -0.05) is 24.3 Å². The smallest absolute Gasteiger partial charge is 0.194 e. The van der Waals surface area contributed by atoms with Crippen LogP contribution in [0.15, 0.2) is 54.1 Å². The van der Waals surface area contributed by atoms with Crippen LogP contribution in [0, 0.1) is 34.0 Å². The first kappa shape index (κ1) is 16.7. The lowest BCUT2D eigenvalue weighted by Gasteiger charge is -2.08. The van der Waals surface area contributed by atoms with Crippen LogP contribution in [0.4, 0.5) is 0 Å². The Bertz CT molecular complexity index is 1450. The minimum atomic E-state index is -0.116. The van der Waals surface area contributed by atoms with Crippen molar-refractivity contribution in [2.45, 2.75) is 6.92 Å². The van der Waals surface area contributed by atoms with Crippen molar-refractivity contribution in [3.63, 3.8) is 0 Å². The van der Waals surface area contributed by atoms with Crippen molar-refractivity contribution in [1.29, 1.82) is 15.8 Å². The van der Waals surface area contributed by atoms with Gasteiger partial charge in [0.1, 0.15) is 0 Å². The van der Waals surface area contributed by atoms with E-state index in [-0.39, 0.29) is 5.78 Å². The summed E-state index contributed by atoms with van der Waals surface area (Å²) in [5, 5.41) is 28.1. The fraction of sp³-hybridized carbons (Fsp3) is 0.0400. The lowest BCUT2D eigenvalue weighted by Crippen LogP contribution is -1.99. The van der Waals surface area contributed by atoms with Gasteiger partial charge in [-0.3, -0.25) is 4.79 Å². The van der Waals surface area contributed by atoms with Gasteiger partial charge < -0.3 is 0 Å². The van der Waals surface area contributed by atoms with E-state index in [2.05, 4.69) is 18.2 Å². The molecule has 3 aromatic rings. The van der Waals surface area contributed by atoms with E-state index in [4.69, 9.17) is 0 Å². The van der Waals surface area contributed by atoms with Crippen LogP contribution < -0.4 is 0 Å². The molecular weight excluding hydrogens is 358 g/mol. The second-order valence-corrected chi connectivity index (χ2v) is 7.10. The normalized spacial score (nSPS) is 14.1. The van der Waals surface area contributed by atoms with Gasteiger partial charge in [0.15, 0.2) is 5.78 Å². The van der Waals surface area contributed by atoms with Crippen LogP contribution in [-0.4, -0.2) is 5.78 Å². The maximum absolute atomic E-state index is 13.4. The number of nitriles is 3. The van der Waals surface area contributed by atoms with E-state index >= 15 is 0 Å². The molecule has 4 heteroatoms. The third kappa shape index (κ3) is 2.08. The topological polar surface area (TPSA) is 88.4 Å². The van der Waals surface area contributed by atoms with E-state index in [1.54, 1.807) is 31.2 Å². The van der Waals surface area contributed by atoms with Crippen LogP contribution in [0.5, 0.6) is 0 Å². The molecule has 0 bridgehead atoms. The monoisotopic (exact) mass is 369 g/mol. The minimum Gasteiger partial charge on any atom is -0.289 e. The molecule has 0 spiro atoms. The molecule has 0 heterocycles. The number of carbonyl (C=O) groups is 1. The molecule has 0 saturated carbocycles. The van der Waals surface area contributed by atoms with Crippen LogP contribution in [0.2, 0.25) is 0 Å².